The molecule has 108 valence electrons. The van der Waals surface area contributed by atoms with E-state index < -0.39 is 16.1 Å². The van der Waals surface area contributed by atoms with Gasteiger partial charge in [0, 0.05) is 17.4 Å². The van der Waals surface area contributed by atoms with E-state index in [4.69, 9.17) is 16.7 Å². The summed E-state index contributed by atoms with van der Waals surface area (Å²) in [5.41, 5.74) is 0.361. The first-order chi connectivity index (χ1) is 9.44. The summed E-state index contributed by atoms with van der Waals surface area (Å²) in [6.07, 6.45) is 3.17. The minimum atomic E-state index is -3.71. The highest BCUT2D eigenvalue weighted by Crippen LogP contribution is 2.21. The van der Waals surface area contributed by atoms with E-state index in [1.54, 1.807) is 19.3 Å². The summed E-state index contributed by atoms with van der Waals surface area (Å²) in [5, 5.41) is 9.45. The zero-order valence-corrected chi connectivity index (χ0v) is 12.2. The second kappa shape index (κ2) is 5.92. The van der Waals surface area contributed by atoms with Crippen LogP contribution in [-0.4, -0.2) is 23.5 Å². The maximum atomic E-state index is 12.2. The summed E-state index contributed by atoms with van der Waals surface area (Å²) < 4.78 is 27.0. The third kappa shape index (κ3) is 3.18. The van der Waals surface area contributed by atoms with Crippen LogP contribution in [0.4, 0.5) is 0 Å². The molecule has 0 aliphatic carbocycles. The monoisotopic (exact) mass is 315 g/mol. The Morgan fingerprint density at radius 3 is 2.85 bits per heavy atom. The number of aliphatic hydroxyl groups is 1. The average Bonchev–Trinajstić information content (AvgIpc) is 2.92. The van der Waals surface area contributed by atoms with Crippen molar-refractivity contribution >= 4 is 21.6 Å². The average molecular weight is 316 g/mol. The molecule has 0 spiro atoms. The first-order valence-electron chi connectivity index (χ1n) is 5.85. The predicted octanol–water partition coefficient (Wildman–Crippen LogP) is 1.59. The normalized spacial score (nSPS) is 13.3. The van der Waals surface area contributed by atoms with E-state index in [0.717, 1.165) is 0 Å². The zero-order chi connectivity index (χ0) is 14.8. The fourth-order valence-electron chi connectivity index (χ4n) is 1.71. The highest BCUT2D eigenvalue weighted by atomic mass is 35.5. The quantitative estimate of drug-likeness (QED) is 0.781. The Kier molecular flexibility index (Phi) is 4.44. The summed E-state index contributed by atoms with van der Waals surface area (Å²) in [6, 6.07) is 3.68. The SMILES string of the molecule is CC(NS(=O)(=O)c1ccc(Cl)c(CO)c1)c1ncc[nH]1. The lowest BCUT2D eigenvalue weighted by molar-refractivity contribution is 0.281. The van der Waals surface area contributed by atoms with E-state index in [1.807, 2.05) is 0 Å². The number of benzene rings is 1. The van der Waals surface area contributed by atoms with Crippen molar-refractivity contribution in [2.24, 2.45) is 0 Å². The Labute approximate surface area is 121 Å². The number of H-pyrrole nitrogens is 1. The van der Waals surface area contributed by atoms with Gasteiger partial charge < -0.3 is 10.1 Å². The van der Waals surface area contributed by atoms with Crippen molar-refractivity contribution in [3.63, 3.8) is 0 Å². The van der Waals surface area contributed by atoms with Gasteiger partial charge >= 0.3 is 0 Å². The Balaban J connectivity index is 2.26. The van der Waals surface area contributed by atoms with E-state index >= 15 is 0 Å². The number of nitrogens with zero attached hydrogens (tertiary/aromatic N) is 1. The number of halogens is 1. The molecule has 0 saturated heterocycles. The number of hydrogen-bond donors (Lipinski definition) is 3. The summed E-state index contributed by atoms with van der Waals surface area (Å²) in [6.45, 7) is 1.36. The Morgan fingerprint density at radius 1 is 1.50 bits per heavy atom. The molecule has 1 atom stereocenters. The van der Waals surface area contributed by atoms with E-state index in [9.17, 15) is 8.42 Å². The van der Waals surface area contributed by atoms with E-state index in [2.05, 4.69) is 14.7 Å². The van der Waals surface area contributed by atoms with Gasteiger partial charge in [-0.15, -0.1) is 0 Å². The molecule has 0 fully saturated rings. The second-order valence-corrected chi connectivity index (χ2v) is 6.35. The van der Waals surface area contributed by atoms with Gasteiger partial charge in [-0.25, -0.2) is 18.1 Å². The molecule has 0 aliphatic heterocycles. The van der Waals surface area contributed by atoms with Gasteiger partial charge in [-0.05, 0) is 30.7 Å². The number of imidazole rings is 1. The Morgan fingerprint density at radius 2 is 2.25 bits per heavy atom. The topological polar surface area (TPSA) is 95.1 Å². The predicted molar refractivity (Wildman–Crippen MR) is 74.7 cm³/mol. The summed E-state index contributed by atoms with van der Waals surface area (Å²) in [5.74, 6) is 0.518. The molecule has 0 saturated carbocycles. The van der Waals surface area contributed by atoms with Crippen molar-refractivity contribution in [2.75, 3.05) is 0 Å². The molecular weight excluding hydrogens is 302 g/mol. The number of hydrogen-bond acceptors (Lipinski definition) is 4. The number of aromatic nitrogens is 2. The van der Waals surface area contributed by atoms with Crippen LogP contribution in [0, 0.1) is 0 Å². The fraction of sp³-hybridized carbons (Fsp3) is 0.250. The molecule has 1 aromatic carbocycles. The molecule has 1 aromatic heterocycles. The lowest BCUT2D eigenvalue weighted by Crippen LogP contribution is -2.27. The van der Waals surface area contributed by atoms with Crippen LogP contribution in [0.3, 0.4) is 0 Å². The largest absolute Gasteiger partial charge is 0.392 e. The van der Waals surface area contributed by atoms with E-state index in [1.165, 1.54) is 18.2 Å². The Hall–Kier alpha value is -1.41. The summed E-state index contributed by atoms with van der Waals surface area (Å²) >= 11 is 5.84. The van der Waals surface area contributed by atoms with Gasteiger partial charge in [0.25, 0.3) is 0 Å². The third-order valence-electron chi connectivity index (χ3n) is 2.76. The number of rotatable bonds is 5. The molecule has 0 radical (unpaired) electrons. The lowest BCUT2D eigenvalue weighted by Gasteiger charge is -2.13. The Bertz CT molecular complexity index is 686. The number of aliphatic hydroxyl groups excluding tert-OH is 1. The molecular formula is C12H14ClN3O3S. The zero-order valence-electron chi connectivity index (χ0n) is 10.7. The minimum Gasteiger partial charge on any atom is -0.392 e. The van der Waals surface area contributed by atoms with Crippen molar-refractivity contribution in [3.8, 4) is 0 Å². The molecule has 8 heteroatoms. The van der Waals surface area contributed by atoms with Crippen LogP contribution < -0.4 is 4.72 Å². The number of sulfonamides is 1. The molecule has 2 rings (SSSR count). The minimum absolute atomic E-state index is 0.0457. The smallest absolute Gasteiger partial charge is 0.241 e. The van der Waals surface area contributed by atoms with E-state index in [-0.39, 0.29) is 11.5 Å². The molecule has 1 unspecified atom stereocenters. The van der Waals surface area contributed by atoms with Crippen LogP contribution in [0.1, 0.15) is 24.4 Å². The first kappa shape index (κ1) is 15.0. The standard InChI is InChI=1S/C12H14ClN3O3S/c1-8(12-14-4-5-15-12)16-20(18,19)10-2-3-11(13)9(6-10)7-17/h2-6,8,16-17H,7H2,1H3,(H,14,15). The first-order valence-corrected chi connectivity index (χ1v) is 7.71. The third-order valence-corrected chi connectivity index (χ3v) is 4.67. The molecule has 0 bridgehead atoms. The van der Waals surface area contributed by atoms with Gasteiger partial charge in [-0.3, -0.25) is 0 Å². The highest BCUT2D eigenvalue weighted by Gasteiger charge is 2.20. The van der Waals surface area contributed by atoms with Gasteiger partial charge in [-0.1, -0.05) is 11.6 Å². The molecule has 6 nitrogen and oxygen atoms in total. The lowest BCUT2D eigenvalue weighted by atomic mass is 10.2. The number of nitrogens with one attached hydrogen (secondary N) is 2. The summed E-state index contributed by atoms with van der Waals surface area (Å²) in [4.78, 5) is 6.89. The fourth-order valence-corrected chi connectivity index (χ4v) is 3.15. The molecule has 0 amide bonds. The van der Waals surface area contributed by atoms with Crippen LogP contribution in [0.5, 0.6) is 0 Å². The van der Waals surface area contributed by atoms with Gasteiger partial charge in [0.2, 0.25) is 10.0 Å². The van der Waals surface area contributed by atoms with Gasteiger partial charge in [0.15, 0.2) is 0 Å². The molecule has 1 heterocycles. The van der Waals surface area contributed by atoms with Crippen molar-refractivity contribution in [1.82, 2.24) is 14.7 Å². The van der Waals surface area contributed by atoms with Crippen LogP contribution in [0.25, 0.3) is 0 Å². The summed E-state index contributed by atoms with van der Waals surface area (Å²) in [7, 11) is -3.71. The van der Waals surface area contributed by atoms with Crippen molar-refractivity contribution in [3.05, 3.63) is 47.0 Å². The van der Waals surface area contributed by atoms with Crippen LogP contribution in [0.2, 0.25) is 5.02 Å². The van der Waals surface area contributed by atoms with Crippen LogP contribution >= 0.6 is 11.6 Å². The van der Waals surface area contributed by atoms with Crippen LogP contribution in [-0.2, 0) is 16.6 Å². The maximum absolute atomic E-state index is 12.2. The maximum Gasteiger partial charge on any atom is 0.241 e. The van der Waals surface area contributed by atoms with Gasteiger partial charge in [-0.2, -0.15) is 0 Å². The van der Waals surface area contributed by atoms with Crippen LogP contribution in [0.15, 0.2) is 35.5 Å². The highest BCUT2D eigenvalue weighted by molar-refractivity contribution is 7.89. The number of aromatic amines is 1. The molecule has 3 N–H and O–H groups in total. The molecule has 0 aliphatic rings. The van der Waals surface area contributed by atoms with Gasteiger partial charge in [0.05, 0.1) is 17.5 Å². The second-order valence-electron chi connectivity index (χ2n) is 4.23. The van der Waals surface area contributed by atoms with Crippen molar-refractivity contribution in [1.29, 1.82) is 0 Å². The van der Waals surface area contributed by atoms with Gasteiger partial charge in [0.1, 0.15) is 5.82 Å². The van der Waals surface area contributed by atoms with E-state index in [0.29, 0.717) is 16.4 Å². The van der Waals surface area contributed by atoms with Crippen molar-refractivity contribution < 1.29 is 13.5 Å². The molecule has 20 heavy (non-hydrogen) atoms. The van der Waals surface area contributed by atoms with Crippen molar-refractivity contribution in [2.45, 2.75) is 24.5 Å². The molecule has 2 aromatic rings.